The molecule has 8 heteroatoms. The third-order valence-electron chi connectivity index (χ3n) is 4.12. The zero-order valence-electron chi connectivity index (χ0n) is 13.6. The van der Waals surface area contributed by atoms with E-state index in [-0.39, 0.29) is 0 Å². The average Bonchev–Trinajstić information content (AvgIpc) is 2.97. The largest absolute Gasteiger partial charge is 0.383 e. The van der Waals surface area contributed by atoms with Crippen LogP contribution in [0.1, 0.15) is 17.2 Å². The summed E-state index contributed by atoms with van der Waals surface area (Å²) >= 11 is 0. The van der Waals surface area contributed by atoms with Gasteiger partial charge in [-0.15, -0.1) is 0 Å². The van der Waals surface area contributed by atoms with Crippen molar-refractivity contribution in [3.63, 3.8) is 0 Å². The predicted molar refractivity (Wildman–Crippen MR) is 90.2 cm³/mol. The van der Waals surface area contributed by atoms with E-state index in [1.165, 1.54) is 0 Å². The summed E-state index contributed by atoms with van der Waals surface area (Å²) in [7, 11) is 0. The molecule has 2 N–H and O–H groups in total. The first-order chi connectivity index (χ1) is 11.6. The molecule has 0 bridgehead atoms. The molecule has 0 amide bonds. The van der Waals surface area contributed by atoms with E-state index in [9.17, 15) is 0 Å². The fourth-order valence-electron chi connectivity index (χ4n) is 2.88. The minimum atomic E-state index is 0.476. The van der Waals surface area contributed by atoms with E-state index in [0.717, 1.165) is 36.1 Å². The summed E-state index contributed by atoms with van der Waals surface area (Å²) in [5.74, 6) is 3.57. The highest BCUT2D eigenvalue weighted by Crippen LogP contribution is 2.27. The van der Waals surface area contributed by atoms with Gasteiger partial charge in [-0.1, -0.05) is 6.07 Å². The lowest BCUT2D eigenvalue weighted by Crippen LogP contribution is -2.35. The second-order valence-corrected chi connectivity index (χ2v) is 5.82. The Morgan fingerprint density at radius 3 is 2.75 bits per heavy atom. The monoisotopic (exact) mass is 322 g/mol. The number of fused-ring (bicyclic) bond motifs is 1. The topological polar surface area (TPSA) is 98.6 Å². The van der Waals surface area contributed by atoms with Gasteiger partial charge in [-0.25, -0.2) is 19.6 Å². The van der Waals surface area contributed by atoms with E-state index in [1.807, 2.05) is 36.7 Å². The Balaban J connectivity index is 1.74. The molecule has 0 aliphatic carbocycles. The molecule has 3 aromatic rings. The maximum absolute atomic E-state index is 6.13. The van der Waals surface area contributed by atoms with E-state index >= 15 is 0 Å². The van der Waals surface area contributed by atoms with Crippen molar-refractivity contribution in [2.75, 3.05) is 17.2 Å². The van der Waals surface area contributed by atoms with Crippen LogP contribution in [0.2, 0.25) is 0 Å². The molecule has 4 rings (SSSR count). The Morgan fingerprint density at radius 2 is 1.96 bits per heavy atom. The Morgan fingerprint density at radius 1 is 1.08 bits per heavy atom. The lowest BCUT2D eigenvalue weighted by Gasteiger charge is -2.29. The van der Waals surface area contributed by atoms with Crippen molar-refractivity contribution in [1.29, 1.82) is 0 Å². The second-order valence-electron chi connectivity index (χ2n) is 5.82. The molecule has 0 unspecified atom stereocenters. The summed E-state index contributed by atoms with van der Waals surface area (Å²) in [5.41, 5.74) is 7.71. The standard InChI is InChI=1S/C16H18N8/c1-10-14(17)20-15(12-5-3-4-6-18-12)21-16(10)23-7-8-24-13(9-23)19-11(2)22-24/h3-6H,7-9H2,1-2H3,(H2,17,20,21). The highest BCUT2D eigenvalue weighted by Gasteiger charge is 2.23. The first-order valence-electron chi connectivity index (χ1n) is 7.82. The number of aromatic nitrogens is 6. The molecule has 122 valence electrons. The van der Waals surface area contributed by atoms with Gasteiger partial charge < -0.3 is 10.6 Å². The molecule has 4 heterocycles. The Bertz CT molecular complexity index is 887. The van der Waals surface area contributed by atoms with Crippen molar-refractivity contribution in [2.45, 2.75) is 26.9 Å². The van der Waals surface area contributed by atoms with Gasteiger partial charge in [0, 0.05) is 18.3 Å². The average molecular weight is 322 g/mol. The fourth-order valence-corrected chi connectivity index (χ4v) is 2.88. The molecule has 1 aliphatic rings. The molecule has 0 atom stereocenters. The zero-order chi connectivity index (χ0) is 16.7. The number of aryl methyl sites for hydroxylation is 1. The summed E-state index contributed by atoms with van der Waals surface area (Å²) in [5, 5.41) is 4.40. The van der Waals surface area contributed by atoms with Gasteiger partial charge >= 0.3 is 0 Å². The van der Waals surface area contributed by atoms with Crippen LogP contribution < -0.4 is 10.6 Å². The lowest BCUT2D eigenvalue weighted by molar-refractivity contribution is 0.508. The highest BCUT2D eigenvalue weighted by molar-refractivity contribution is 5.63. The summed E-state index contributed by atoms with van der Waals surface area (Å²) in [6.07, 6.45) is 1.72. The van der Waals surface area contributed by atoms with Crippen molar-refractivity contribution in [3.05, 3.63) is 41.6 Å². The molecule has 0 spiro atoms. The van der Waals surface area contributed by atoms with Crippen LogP contribution in [0.15, 0.2) is 24.4 Å². The van der Waals surface area contributed by atoms with Crippen LogP contribution in [-0.2, 0) is 13.1 Å². The van der Waals surface area contributed by atoms with Crippen LogP contribution in [0, 0.1) is 13.8 Å². The number of anilines is 2. The number of pyridine rings is 1. The number of hydrogen-bond acceptors (Lipinski definition) is 7. The maximum Gasteiger partial charge on any atom is 0.182 e. The predicted octanol–water partition coefficient (Wildman–Crippen LogP) is 1.35. The first-order valence-corrected chi connectivity index (χ1v) is 7.82. The second kappa shape index (κ2) is 5.55. The lowest BCUT2D eigenvalue weighted by atomic mass is 10.2. The molecule has 3 aromatic heterocycles. The van der Waals surface area contributed by atoms with Gasteiger partial charge in [-0.05, 0) is 26.0 Å². The van der Waals surface area contributed by atoms with Crippen molar-refractivity contribution in [3.8, 4) is 11.5 Å². The summed E-state index contributed by atoms with van der Waals surface area (Å²) in [4.78, 5) is 20.1. The van der Waals surface area contributed by atoms with E-state index in [4.69, 9.17) is 10.7 Å². The SMILES string of the molecule is Cc1nc2n(n1)CCN(c1nc(-c3ccccn3)nc(N)c1C)C2. The van der Waals surface area contributed by atoms with Crippen LogP contribution in [0.3, 0.4) is 0 Å². The van der Waals surface area contributed by atoms with E-state index in [2.05, 4.69) is 25.0 Å². The number of nitrogens with zero attached hydrogens (tertiary/aromatic N) is 7. The Labute approximate surface area is 139 Å². The smallest absolute Gasteiger partial charge is 0.182 e. The van der Waals surface area contributed by atoms with Crippen LogP contribution >= 0.6 is 0 Å². The van der Waals surface area contributed by atoms with Gasteiger partial charge in [0.15, 0.2) is 5.82 Å². The molecule has 24 heavy (non-hydrogen) atoms. The summed E-state index contributed by atoms with van der Waals surface area (Å²) in [6.45, 7) is 6.08. The van der Waals surface area contributed by atoms with E-state index in [0.29, 0.717) is 23.9 Å². The molecule has 0 fully saturated rings. The van der Waals surface area contributed by atoms with E-state index < -0.39 is 0 Å². The minimum Gasteiger partial charge on any atom is -0.383 e. The minimum absolute atomic E-state index is 0.476. The third-order valence-corrected chi connectivity index (χ3v) is 4.12. The number of nitrogens with two attached hydrogens (primary N) is 1. The van der Waals surface area contributed by atoms with Gasteiger partial charge in [-0.2, -0.15) is 5.10 Å². The van der Waals surface area contributed by atoms with Gasteiger partial charge in [0.25, 0.3) is 0 Å². The maximum atomic E-state index is 6.13. The molecule has 8 nitrogen and oxygen atoms in total. The molecular weight excluding hydrogens is 304 g/mol. The van der Waals surface area contributed by atoms with Gasteiger partial charge in [0.1, 0.15) is 29.0 Å². The molecule has 0 saturated carbocycles. The van der Waals surface area contributed by atoms with Crippen LogP contribution in [0.25, 0.3) is 11.5 Å². The Hall–Kier alpha value is -3.03. The van der Waals surface area contributed by atoms with Crippen molar-refractivity contribution >= 4 is 11.6 Å². The number of rotatable bonds is 2. The molecule has 1 aliphatic heterocycles. The van der Waals surface area contributed by atoms with Crippen molar-refractivity contribution in [2.24, 2.45) is 0 Å². The van der Waals surface area contributed by atoms with Gasteiger partial charge in [0.05, 0.1) is 13.1 Å². The number of hydrogen-bond donors (Lipinski definition) is 1. The van der Waals surface area contributed by atoms with Crippen molar-refractivity contribution in [1.82, 2.24) is 29.7 Å². The van der Waals surface area contributed by atoms with Crippen LogP contribution in [0.5, 0.6) is 0 Å². The molecule has 0 aromatic carbocycles. The summed E-state index contributed by atoms with van der Waals surface area (Å²) in [6, 6.07) is 5.65. The van der Waals surface area contributed by atoms with Crippen LogP contribution in [-0.4, -0.2) is 36.3 Å². The van der Waals surface area contributed by atoms with Crippen molar-refractivity contribution < 1.29 is 0 Å². The van der Waals surface area contributed by atoms with Gasteiger partial charge in [0.2, 0.25) is 0 Å². The zero-order valence-corrected chi connectivity index (χ0v) is 13.6. The first kappa shape index (κ1) is 14.6. The molecule has 0 saturated heterocycles. The fraction of sp³-hybridized carbons (Fsp3) is 0.312. The molecular formula is C16H18N8. The number of nitrogen functional groups attached to an aromatic ring is 1. The third kappa shape index (κ3) is 2.45. The van der Waals surface area contributed by atoms with Crippen LogP contribution in [0.4, 0.5) is 11.6 Å². The molecule has 0 radical (unpaired) electrons. The Kier molecular flexibility index (Phi) is 3.37. The quantitative estimate of drug-likeness (QED) is 0.760. The highest BCUT2D eigenvalue weighted by atomic mass is 15.4. The van der Waals surface area contributed by atoms with Gasteiger partial charge in [-0.3, -0.25) is 4.98 Å². The summed E-state index contributed by atoms with van der Waals surface area (Å²) < 4.78 is 1.95. The van der Waals surface area contributed by atoms with E-state index in [1.54, 1.807) is 6.20 Å². The normalized spacial score (nSPS) is 13.8.